The standard InChI is InChI=1S/C17H20N4O4S/c1-14-5-7-15(8-6-14)26(24,25)20-11-3-10-19(12-13-20)17-16(21(22)23)4-2-9-18-17/h2,4-9H,3,10-13H2,1H3. The molecule has 1 aromatic heterocycles. The van der Waals surface area contributed by atoms with Crippen molar-refractivity contribution in [3.05, 3.63) is 58.3 Å². The fourth-order valence-corrected chi connectivity index (χ4v) is 4.45. The predicted octanol–water partition coefficient (Wildman–Crippen LogP) is 2.20. The van der Waals surface area contributed by atoms with Crippen LogP contribution in [0, 0.1) is 17.0 Å². The van der Waals surface area contributed by atoms with Crippen molar-refractivity contribution >= 4 is 21.5 Å². The summed E-state index contributed by atoms with van der Waals surface area (Å²) in [6, 6.07) is 9.69. The van der Waals surface area contributed by atoms with Gasteiger partial charge in [0.05, 0.1) is 9.82 Å². The molecule has 0 bridgehead atoms. The smallest absolute Gasteiger partial charge is 0.311 e. The van der Waals surface area contributed by atoms with Crippen LogP contribution in [0.2, 0.25) is 0 Å². The first-order valence-corrected chi connectivity index (χ1v) is 9.75. The fourth-order valence-electron chi connectivity index (χ4n) is 2.98. The molecule has 1 fully saturated rings. The normalized spacial score (nSPS) is 16.3. The Morgan fingerprint density at radius 3 is 2.50 bits per heavy atom. The Morgan fingerprint density at radius 2 is 1.81 bits per heavy atom. The van der Waals surface area contributed by atoms with E-state index in [0.29, 0.717) is 26.1 Å². The minimum absolute atomic E-state index is 0.0673. The molecular weight excluding hydrogens is 356 g/mol. The molecule has 1 aliphatic rings. The van der Waals surface area contributed by atoms with Gasteiger partial charge in [-0.05, 0) is 31.5 Å². The van der Waals surface area contributed by atoms with E-state index < -0.39 is 14.9 Å². The number of hydrogen-bond acceptors (Lipinski definition) is 6. The summed E-state index contributed by atoms with van der Waals surface area (Å²) in [7, 11) is -3.58. The third-order valence-corrected chi connectivity index (χ3v) is 6.29. The average molecular weight is 376 g/mol. The van der Waals surface area contributed by atoms with Crippen LogP contribution in [0.5, 0.6) is 0 Å². The molecule has 2 aromatic rings. The average Bonchev–Trinajstić information content (AvgIpc) is 2.88. The van der Waals surface area contributed by atoms with E-state index >= 15 is 0 Å². The number of nitrogens with zero attached hydrogens (tertiary/aromatic N) is 4. The lowest BCUT2D eigenvalue weighted by Crippen LogP contribution is -2.35. The summed E-state index contributed by atoms with van der Waals surface area (Å²) in [4.78, 5) is 16.9. The molecule has 0 unspecified atom stereocenters. The summed E-state index contributed by atoms with van der Waals surface area (Å²) in [5.74, 6) is 0.284. The van der Waals surface area contributed by atoms with E-state index in [-0.39, 0.29) is 22.9 Å². The number of benzene rings is 1. The minimum atomic E-state index is -3.58. The Kier molecular flexibility index (Phi) is 5.19. The SMILES string of the molecule is Cc1ccc(S(=O)(=O)N2CCCN(c3ncccc3[N+](=O)[O-])CC2)cc1. The highest BCUT2D eigenvalue weighted by Gasteiger charge is 2.29. The maximum atomic E-state index is 12.9. The van der Waals surface area contributed by atoms with E-state index in [1.54, 1.807) is 29.2 Å². The number of rotatable bonds is 4. The molecule has 0 N–H and O–H groups in total. The molecule has 1 saturated heterocycles. The third-order valence-electron chi connectivity index (χ3n) is 4.38. The Bertz CT molecular complexity index is 899. The summed E-state index contributed by atoms with van der Waals surface area (Å²) >= 11 is 0. The first kappa shape index (κ1) is 18.3. The molecule has 138 valence electrons. The van der Waals surface area contributed by atoms with Gasteiger partial charge in [-0.1, -0.05) is 17.7 Å². The van der Waals surface area contributed by atoms with Crippen molar-refractivity contribution in [1.82, 2.24) is 9.29 Å². The molecule has 2 heterocycles. The topological polar surface area (TPSA) is 96.7 Å². The number of nitro groups is 1. The van der Waals surface area contributed by atoms with Crippen LogP contribution in [-0.4, -0.2) is 48.8 Å². The lowest BCUT2D eigenvalue weighted by atomic mass is 10.2. The van der Waals surface area contributed by atoms with Gasteiger partial charge in [-0.2, -0.15) is 4.31 Å². The van der Waals surface area contributed by atoms with E-state index in [9.17, 15) is 18.5 Å². The lowest BCUT2D eigenvalue weighted by molar-refractivity contribution is -0.384. The molecule has 1 aliphatic heterocycles. The zero-order valence-corrected chi connectivity index (χ0v) is 15.2. The number of aromatic nitrogens is 1. The van der Waals surface area contributed by atoms with Crippen LogP contribution in [0.1, 0.15) is 12.0 Å². The Morgan fingerprint density at radius 1 is 1.08 bits per heavy atom. The monoisotopic (exact) mass is 376 g/mol. The second-order valence-electron chi connectivity index (χ2n) is 6.16. The van der Waals surface area contributed by atoms with Crippen LogP contribution in [0.4, 0.5) is 11.5 Å². The quantitative estimate of drug-likeness (QED) is 0.599. The molecule has 1 aromatic carbocycles. The number of anilines is 1. The summed E-state index contributed by atoms with van der Waals surface area (Å²) in [6.45, 7) is 3.39. The van der Waals surface area contributed by atoms with Crippen LogP contribution < -0.4 is 4.90 Å². The first-order valence-electron chi connectivity index (χ1n) is 8.31. The van der Waals surface area contributed by atoms with Crippen LogP contribution in [0.3, 0.4) is 0 Å². The molecule has 9 heteroatoms. The molecule has 0 spiro atoms. The van der Waals surface area contributed by atoms with Crippen molar-refractivity contribution in [3.63, 3.8) is 0 Å². The van der Waals surface area contributed by atoms with Gasteiger partial charge in [-0.15, -0.1) is 0 Å². The van der Waals surface area contributed by atoms with Gasteiger partial charge in [-0.25, -0.2) is 13.4 Å². The molecule has 0 amide bonds. The predicted molar refractivity (Wildman–Crippen MR) is 97.7 cm³/mol. The van der Waals surface area contributed by atoms with Crippen LogP contribution in [0.25, 0.3) is 0 Å². The van der Waals surface area contributed by atoms with E-state index in [2.05, 4.69) is 4.98 Å². The van der Waals surface area contributed by atoms with Gasteiger partial charge in [0.25, 0.3) is 0 Å². The summed E-state index contributed by atoms with van der Waals surface area (Å²) in [6.07, 6.45) is 2.08. The molecular formula is C17H20N4O4S. The van der Waals surface area contributed by atoms with E-state index in [1.165, 1.54) is 22.6 Å². The van der Waals surface area contributed by atoms with Gasteiger partial charge in [0.1, 0.15) is 0 Å². The number of sulfonamides is 1. The van der Waals surface area contributed by atoms with Gasteiger partial charge < -0.3 is 4.90 Å². The number of pyridine rings is 1. The Hall–Kier alpha value is -2.52. The number of hydrogen-bond donors (Lipinski definition) is 0. The van der Waals surface area contributed by atoms with Crippen LogP contribution in [-0.2, 0) is 10.0 Å². The molecule has 26 heavy (non-hydrogen) atoms. The van der Waals surface area contributed by atoms with Gasteiger partial charge in [0, 0.05) is 38.4 Å². The van der Waals surface area contributed by atoms with Crippen LogP contribution in [0.15, 0.2) is 47.5 Å². The van der Waals surface area contributed by atoms with Crippen molar-refractivity contribution < 1.29 is 13.3 Å². The molecule has 0 radical (unpaired) electrons. The molecule has 3 rings (SSSR count). The highest BCUT2D eigenvalue weighted by molar-refractivity contribution is 7.89. The zero-order valence-electron chi connectivity index (χ0n) is 14.4. The van der Waals surface area contributed by atoms with Crippen molar-refractivity contribution in [2.45, 2.75) is 18.2 Å². The van der Waals surface area contributed by atoms with Gasteiger partial charge >= 0.3 is 5.69 Å². The maximum absolute atomic E-state index is 12.9. The second-order valence-corrected chi connectivity index (χ2v) is 8.10. The van der Waals surface area contributed by atoms with E-state index in [1.807, 2.05) is 6.92 Å². The third kappa shape index (κ3) is 3.68. The van der Waals surface area contributed by atoms with Gasteiger partial charge in [0.2, 0.25) is 15.8 Å². The Balaban J connectivity index is 1.81. The fraction of sp³-hybridized carbons (Fsp3) is 0.353. The van der Waals surface area contributed by atoms with Gasteiger partial charge in [-0.3, -0.25) is 10.1 Å². The summed E-state index contributed by atoms with van der Waals surface area (Å²) < 4.78 is 27.1. The second kappa shape index (κ2) is 7.38. The van der Waals surface area contributed by atoms with Crippen molar-refractivity contribution in [2.24, 2.45) is 0 Å². The lowest BCUT2D eigenvalue weighted by Gasteiger charge is -2.22. The minimum Gasteiger partial charge on any atom is -0.350 e. The van der Waals surface area contributed by atoms with E-state index in [0.717, 1.165) is 5.56 Å². The van der Waals surface area contributed by atoms with Crippen molar-refractivity contribution in [3.8, 4) is 0 Å². The first-order chi connectivity index (χ1) is 12.4. The molecule has 8 nitrogen and oxygen atoms in total. The summed E-state index contributed by atoms with van der Waals surface area (Å²) in [5.41, 5.74) is 0.927. The molecule has 0 aliphatic carbocycles. The maximum Gasteiger partial charge on any atom is 0.311 e. The van der Waals surface area contributed by atoms with Crippen molar-refractivity contribution in [1.29, 1.82) is 0 Å². The number of aryl methyl sites for hydroxylation is 1. The van der Waals surface area contributed by atoms with Crippen molar-refractivity contribution in [2.75, 3.05) is 31.1 Å². The van der Waals surface area contributed by atoms with Gasteiger partial charge in [0.15, 0.2) is 0 Å². The largest absolute Gasteiger partial charge is 0.350 e. The highest BCUT2D eigenvalue weighted by Crippen LogP contribution is 2.26. The molecule has 0 saturated carbocycles. The highest BCUT2D eigenvalue weighted by atomic mass is 32.2. The van der Waals surface area contributed by atoms with Crippen LogP contribution >= 0.6 is 0 Å². The van der Waals surface area contributed by atoms with E-state index in [4.69, 9.17) is 0 Å². The zero-order chi connectivity index (χ0) is 18.7. The summed E-state index contributed by atoms with van der Waals surface area (Å²) in [5, 5.41) is 11.2. The Labute approximate surface area is 152 Å². The molecule has 0 atom stereocenters.